The number of nitrogens with one attached hydrogen (secondary N) is 3. The van der Waals surface area contributed by atoms with Gasteiger partial charge in [-0.25, -0.2) is 0 Å². The third-order valence-corrected chi connectivity index (χ3v) is 5.84. The van der Waals surface area contributed by atoms with Gasteiger partial charge in [0.05, 0.1) is 25.5 Å². The Morgan fingerprint density at radius 1 is 0.968 bits per heavy atom. The molecule has 0 unspecified atom stereocenters. The van der Waals surface area contributed by atoms with Gasteiger partial charge < -0.3 is 24.9 Å². The van der Waals surface area contributed by atoms with Crippen molar-refractivity contribution in [1.82, 2.24) is 20.2 Å². The molecule has 0 aliphatic carbocycles. The standard InChI is InChI=1S/C24H27N5O2/c30-24-13-19(5-7-26-24)14-27-23-17-29(16-22-21(23)6-8-25-22)20-3-1-18(2-4-20)15-28-9-11-31-12-10-28/h1-8,13,17,25,27H,9-12,14-16H2,(H,26,30). The Labute approximate surface area is 181 Å². The van der Waals surface area contributed by atoms with Crippen LogP contribution < -0.4 is 15.8 Å². The molecule has 0 bridgehead atoms. The summed E-state index contributed by atoms with van der Waals surface area (Å²) in [6, 6.07) is 14.4. The van der Waals surface area contributed by atoms with E-state index in [9.17, 15) is 4.79 Å². The van der Waals surface area contributed by atoms with Crippen molar-refractivity contribution >= 4 is 11.4 Å². The van der Waals surface area contributed by atoms with Crippen LogP contribution in [0.4, 0.5) is 5.69 Å². The minimum atomic E-state index is -0.0851. The summed E-state index contributed by atoms with van der Waals surface area (Å²) in [5.41, 5.74) is 6.73. The van der Waals surface area contributed by atoms with E-state index in [1.54, 1.807) is 12.3 Å². The van der Waals surface area contributed by atoms with Gasteiger partial charge in [-0.05, 0) is 35.4 Å². The lowest BCUT2D eigenvalue weighted by Gasteiger charge is -2.29. The van der Waals surface area contributed by atoms with Crippen molar-refractivity contribution in [3.63, 3.8) is 0 Å². The Hall–Kier alpha value is -3.29. The highest BCUT2D eigenvalue weighted by Crippen LogP contribution is 2.29. The van der Waals surface area contributed by atoms with Crippen LogP contribution in [-0.4, -0.2) is 41.2 Å². The van der Waals surface area contributed by atoms with E-state index in [0.29, 0.717) is 6.54 Å². The van der Waals surface area contributed by atoms with Crippen LogP contribution in [0.25, 0.3) is 5.70 Å². The zero-order valence-electron chi connectivity index (χ0n) is 17.4. The van der Waals surface area contributed by atoms with Crippen LogP contribution in [0.5, 0.6) is 0 Å². The van der Waals surface area contributed by atoms with Gasteiger partial charge in [0.2, 0.25) is 5.56 Å². The molecule has 3 N–H and O–H groups in total. The van der Waals surface area contributed by atoms with Crippen LogP contribution in [0.2, 0.25) is 0 Å². The predicted octanol–water partition coefficient (Wildman–Crippen LogP) is 2.64. The van der Waals surface area contributed by atoms with Gasteiger partial charge in [0, 0.05) is 67.8 Å². The molecule has 2 aliphatic rings. The number of morpholine rings is 1. The first-order valence-electron chi connectivity index (χ1n) is 10.7. The van der Waals surface area contributed by atoms with E-state index >= 15 is 0 Å². The number of fused-ring (bicyclic) bond motifs is 1. The number of nitrogens with zero attached hydrogens (tertiary/aromatic N) is 2. The average molecular weight is 418 g/mol. The summed E-state index contributed by atoms with van der Waals surface area (Å²) >= 11 is 0. The normalized spacial score (nSPS) is 16.6. The number of pyridine rings is 1. The molecule has 7 heteroatoms. The van der Waals surface area contributed by atoms with Crippen molar-refractivity contribution in [1.29, 1.82) is 0 Å². The summed E-state index contributed by atoms with van der Waals surface area (Å²) in [6.07, 6.45) is 5.81. The maximum atomic E-state index is 11.6. The molecular weight excluding hydrogens is 390 g/mol. The minimum Gasteiger partial charge on any atom is -0.379 e. The van der Waals surface area contributed by atoms with E-state index in [1.165, 1.54) is 16.8 Å². The van der Waals surface area contributed by atoms with Crippen molar-refractivity contribution in [3.05, 3.63) is 93.8 Å². The van der Waals surface area contributed by atoms with E-state index < -0.39 is 0 Å². The van der Waals surface area contributed by atoms with Crippen LogP contribution in [0, 0.1) is 0 Å². The molecule has 160 valence electrons. The highest BCUT2D eigenvalue weighted by molar-refractivity contribution is 5.72. The van der Waals surface area contributed by atoms with Crippen molar-refractivity contribution in [2.24, 2.45) is 0 Å². The Morgan fingerprint density at radius 2 is 1.77 bits per heavy atom. The van der Waals surface area contributed by atoms with E-state index in [-0.39, 0.29) is 5.56 Å². The number of anilines is 1. The van der Waals surface area contributed by atoms with Gasteiger partial charge in [-0.3, -0.25) is 9.69 Å². The van der Waals surface area contributed by atoms with Gasteiger partial charge in [0.15, 0.2) is 0 Å². The van der Waals surface area contributed by atoms with Gasteiger partial charge in [-0.2, -0.15) is 0 Å². The third-order valence-electron chi connectivity index (χ3n) is 5.84. The minimum absolute atomic E-state index is 0.0851. The van der Waals surface area contributed by atoms with Gasteiger partial charge in [-0.1, -0.05) is 12.1 Å². The number of H-pyrrole nitrogens is 2. The molecule has 1 fully saturated rings. The van der Waals surface area contributed by atoms with Crippen LogP contribution in [-0.2, 0) is 24.4 Å². The van der Waals surface area contributed by atoms with Crippen LogP contribution in [0.1, 0.15) is 22.4 Å². The summed E-state index contributed by atoms with van der Waals surface area (Å²) in [7, 11) is 0. The van der Waals surface area contributed by atoms with Gasteiger partial charge in [0.25, 0.3) is 0 Å². The van der Waals surface area contributed by atoms with Gasteiger partial charge in [0.1, 0.15) is 0 Å². The fourth-order valence-electron chi connectivity index (χ4n) is 4.14. The summed E-state index contributed by atoms with van der Waals surface area (Å²) in [5, 5.41) is 3.50. The van der Waals surface area contributed by atoms with E-state index in [4.69, 9.17) is 4.74 Å². The lowest BCUT2D eigenvalue weighted by Crippen LogP contribution is -2.35. The summed E-state index contributed by atoms with van der Waals surface area (Å²) in [6.45, 7) is 5.98. The van der Waals surface area contributed by atoms with Crippen molar-refractivity contribution in [3.8, 4) is 0 Å². The first-order chi connectivity index (χ1) is 15.2. The molecule has 3 aromatic rings. The molecule has 4 heterocycles. The van der Waals surface area contributed by atoms with Crippen LogP contribution in [0.3, 0.4) is 0 Å². The Kier molecular flexibility index (Phi) is 5.60. The zero-order valence-corrected chi connectivity index (χ0v) is 17.4. The van der Waals surface area contributed by atoms with Crippen LogP contribution in [0.15, 0.2) is 65.9 Å². The molecule has 5 rings (SSSR count). The van der Waals surface area contributed by atoms with Crippen molar-refractivity contribution in [2.45, 2.75) is 19.6 Å². The summed E-state index contributed by atoms with van der Waals surface area (Å²) < 4.78 is 5.44. The number of hydrogen-bond donors (Lipinski definition) is 3. The van der Waals surface area contributed by atoms with Crippen molar-refractivity contribution in [2.75, 3.05) is 31.2 Å². The molecular formula is C24H27N5O2. The molecule has 0 amide bonds. The second kappa shape index (κ2) is 8.83. The Morgan fingerprint density at radius 3 is 2.58 bits per heavy atom. The number of benzene rings is 1. The fourth-order valence-corrected chi connectivity index (χ4v) is 4.14. The topological polar surface area (TPSA) is 76.4 Å². The highest BCUT2D eigenvalue weighted by atomic mass is 16.5. The quantitative estimate of drug-likeness (QED) is 0.575. The first kappa shape index (κ1) is 19.7. The predicted molar refractivity (Wildman–Crippen MR) is 121 cm³/mol. The van der Waals surface area contributed by atoms with Gasteiger partial charge >= 0.3 is 0 Å². The molecule has 2 aromatic heterocycles. The average Bonchev–Trinajstić information content (AvgIpc) is 3.28. The lowest BCUT2D eigenvalue weighted by atomic mass is 10.1. The number of aromatic amines is 2. The molecule has 0 atom stereocenters. The number of rotatable bonds is 6. The number of hydrogen-bond acceptors (Lipinski definition) is 5. The van der Waals surface area contributed by atoms with E-state index in [2.05, 4.69) is 61.6 Å². The van der Waals surface area contributed by atoms with Gasteiger partial charge in [-0.15, -0.1) is 0 Å². The largest absolute Gasteiger partial charge is 0.379 e. The van der Waals surface area contributed by atoms with Crippen molar-refractivity contribution < 1.29 is 4.74 Å². The van der Waals surface area contributed by atoms with E-state index in [1.807, 2.05) is 12.3 Å². The molecule has 0 saturated carbocycles. The number of aromatic nitrogens is 2. The molecule has 7 nitrogen and oxygen atoms in total. The van der Waals surface area contributed by atoms with Crippen LogP contribution >= 0.6 is 0 Å². The molecule has 1 saturated heterocycles. The third kappa shape index (κ3) is 4.57. The molecule has 0 spiro atoms. The Balaban J connectivity index is 1.31. The monoisotopic (exact) mass is 417 g/mol. The summed E-state index contributed by atoms with van der Waals surface area (Å²) in [4.78, 5) is 22.3. The number of ether oxygens (including phenoxy) is 1. The maximum Gasteiger partial charge on any atom is 0.248 e. The Bertz CT molecular complexity index is 1110. The zero-order chi connectivity index (χ0) is 21.0. The maximum absolute atomic E-state index is 11.6. The molecule has 1 aromatic carbocycles. The smallest absolute Gasteiger partial charge is 0.248 e. The lowest BCUT2D eigenvalue weighted by molar-refractivity contribution is 0.0342. The summed E-state index contributed by atoms with van der Waals surface area (Å²) in [5.74, 6) is 0. The van der Waals surface area contributed by atoms with E-state index in [0.717, 1.165) is 56.3 Å². The molecule has 2 aliphatic heterocycles. The second-order valence-corrected chi connectivity index (χ2v) is 8.01. The molecule has 0 radical (unpaired) electrons. The fraction of sp³-hybridized carbons (Fsp3) is 0.292. The highest BCUT2D eigenvalue weighted by Gasteiger charge is 2.19. The SMILES string of the molecule is O=c1cc(CNC2=CN(c3ccc(CN4CCOCC4)cc3)Cc3[nH]ccc32)cc[nH]1. The first-order valence-corrected chi connectivity index (χ1v) is 10.7. The second-order valence-electron chi connectivity index (χ2n) is 8.01. The molecule has 31 heavy (non-hydrogen) atoms.